The number of aromatic nitrogens is 4. The molecule has 0 saturated carbocycles. The van der Waals surface area contributed by atoms with Gasteiger partial charge in [0.2, 0.25) is 0 Å². The quantitative estimate of drug-likeness (QED) is 0.747. The summed E-state index contributed by atoms with van der Waals surface area (Å²) in [7, 11) is 1.81. The van der Waals surface area contributed by atoms with Crippen molar-refractivity contribution in [3.8, 4) is 0 Å². The number of ketones is 1. The molecule has 2 aromatic rings. The van der Waals surface area contributed by atoms with Crippen molar-refractivity contribution in [3.05, 3.63) is 35.7 Å². The highest BCUT2D eigenvalue weighted by molar-refractivity contribution is 5.95. The molecule has 0 aromatic carbocycles. The molecule has 0 N–H and O–H groups in total. The van der Waals surface area contributed by atoms with Crippen LogP contribution in [0.3, 0.4) is 0 Å². The molecule has 0 bridgehead atoms. The summed E-state index contributed by atoms with van der Waals surface area (Å²) in [6.45, 7) is 5.04. The zero-order valence-corrected chi connectivity index (χ0v) is 11.8. The second-order valence-electron chi connectivity index (χ2n) is 4.63. The zero-order valence-electron chi connectivity index (χ0n) is 11.8. The summed E-state index contributed by atoms with van der Waals surface area (Å²) < 4.78 is 3.70. The average Bonchev–Trinajstić information content (AvgIpc) is 2.97. The maximum atomic E-state index is 12.3. The van der Waals surface area contributed by atoms with Gasteiger partial charge in [-0.15, -0.1) is 0 Å². The van der Waals surface area contributed by atoms with Crippen LogP contribution >= 0.6 is 0 Å². The zero-order chi connectivity index (χ0) is 13.8. The lowest BCUT2D eigenvalue weighted by Gasteiger charge is -2.05. The summed E-state index contributed by atoms with van der Waals surface area (Å²) in [6, 6.07) is 1.87. The van der Waals surface area contributed by atoms with Crippen molar-refractivity contribution < 1.29 is 4.79 Å². The third kappa shape index (κ3) is 2.92. The molecular weight excluding hydrogens is 240 g/mol. The van der Waals surface area contributed by atoms with Crippen LogP contribution in [0.15, 0.2) is 18.5 Å². The predicted octanol–water partition coefficient (Wildman–Crippen LogP) is 2.01. The topological polar surface area (TPSA) is 52.7 Å². The standard InChI is InChI=1S/C14H20N4O/c1-4-7-18-8-6-15-14(18)10-13(19)12-9-11(5-2)16-17(12)3/h6,8-9H,4-5,7,10H2,1-3H3. The molecule has 5 heteroatoms. The molecule has 19 heavy (non-hydrogen) atoms. The summed E-state index contributed by atoms with van der Waals surface area (Å²) in [5.41, 5.74) is 1.60. The van der Waals surface area contributed by atoms with Crippen LogP contribution < -0.4 is 0 Å². The van der Waals surface area contributed by atoms with Gasteiger partial charge >= 0.3 is 0 Å². The van der Waals surface area contributed by atoms with Crippen molar-refractivity contribution in [2.75, 3.05) is 0 Å². The van der Waals surface area contributed by atoms with E-state index >= 15 is 0 Å². The van der Waals surface area contributed by atoms with E-state index in [4.69, 9.17) is 0 Å². The van der Waals surface area contributed by atoms with Crippen molar-refractivity contribution in [1.29, 1.82) is 0 Å². The van der Waals surface area contributed by atoms with Crippen molar-refractivity contribution >= 4 is 5.78 Å². The third-order valence-electron chi connectivity index (χ3n) is 3.16. The van der Waals surface area contributed by atoms with Crippen molar-refractivity contribution in [2.45, 2.75) is 39.7 Å². The van der Waals surface area contributed by atoms with Gasteiger partial charge in [0.05, 0.1) is 12.1 Å². The van der Waals surface area contributed by atoms with Gasteiger partial charge in [-0.2, -0.15) is 5.10 Å². The molecule has 0 radical (unpaired) electrons. The molecule has 0 atom stereocenters. The normalized spacial score (nSPS) is 10.9. The molecule has 102 valence electrons. The van der Waals surface area contributed by atoms with Gasteiger partial charge in [-0.25, -0.2) is 4.98 Å². The second kappa shape index (κ2) is 5.82. The Labute approximate surface area is 113 Å². The van der Waals surface area contributed by atoms with Gasteiger partial charge in [0, 0.05) is 26.0 Å². The number of nitrogens with zero attached hydrogens (tertiary/aromatic N) is 4. The fraction of sp³-hybridized carbons (Fsp3) is 0.500. The Hall–Kier alpha value is -1.91. The first-order valence-corrected chi connectivity index (χ1v) is 6.71. The van der Waals surface area contributed by atoms with Crippen LogP contribution in [0, 0.1) is 0 Å². The largest absolute Gasteiger partial charge is 0.335 e. The van der Waals surface area contributed by atoms with Gasteiger partial charge in [0.25, 0.3) is 0 Å². The van der Waals surface area contributed by atoms with Crippen molar-refractivity contribution in [2.24, 2.45) is 7.05 Å². The number of imidazole rings is 1. The average molecular weight is 260 g/mol. The first kappa shape index (κ1) is 13.5. The number of carbonyl (C=O) groups is 1. The van der Waals surface area contributed by atoms with E-state index in [2.05, 4.69) is 17.0 Å². The summed E-state index contributed by atoms with van der Waals surface area (Å²) >= 11 is 0. The molecule has 0 aliphatic heterocycles. The van der Waals surface area contributed by atoms with E-state index in [9.17, 15) is 4.79 Å². The Morgan fingerprint density at radius 2 is 2.16 bits per heavy atom. The summed E-state index contributed by atoms with van der Waals surface area (Å²) in [6.07, 6.45) is 5.87. The van der Waals surface area contributed by atoms with Crippen LogP contribution in [-0.4, -0.2) is 25.1 Å². The van der Waals surface area contributed by atoms with E-state index in [0.717, 1.165) is 30.9 Å². The minimum atomic E-state index is 0.0678. The van der Waals surface area contributed by atoms with E-state index in [0.29, 0.717) is 12.1 Å². The number of hydrogen-bond donors (Lipinski definition) is 0. The summed E-state index contributed by atoms with van der Waals surface area (Å²) in [5.74, 6) is 0.893. The molecule has 0 spiro atoms. The van der Waals surface area contributed by atoms with E-state index in [1.807, 2.05) is 30.8 Å². The van der Waals surface area contributed by atoms with Crippen LogP contribution in [0.5, 0.6) is 0 Å². The minimum absolute atomic E-state index is 0.0678. The highest BCUT2D eigenvalue weighted by Gasteiger charge is 2.15. The minimum Gasteiger partial charge on any atom is -0.335 e. The van der Waals surface area contributed by atoms with Gasteiger partial charge in [-0.05, 0) is 18.9 Å². The molecule has 0 unspecified atom stereocenters. The fourth-order valence-electron chi connectivity index (χ4n) is 2.15. The van der Waals surface area contributed by atoms with Crippen molar-refractivity contribution in [3.63, 3.8) is 0 Å². The second-order valence-corrected chi connectivity index (χ2v) is 4.63. The van der Waals surface area contributed by atoms with Gasteiger partial charge in [0.1, 0.15) is 11.5 Å². The Bertz CT molecular complexity index is 568. The number of Topliss-reactive ketones (excluding diaryl/α,β-unsaturated/α-hetero) is 1. The molecule has 0 aliphatic carbocycles. The Kier molecular flexibility index (Phi) is 4.14. The van der Waals surface area contributed by atoms with Crippen LogP contribution in [0.25, 0.3) is 0 Å². The maximum Gasteiger partial charge on any atom is 0.188 e. The highest BCUT2D eigenvalue weighted by Crippen LogP contribution is 2.09. The lowest BCUT2D eigenvalue weighted by atomic mass is 10.2. The maximum absolute atomic E-state index is 12.3. The lowest BCUT2D eigenvalue weighted by molar-refractivity contribution is 0.0980. The number of carbonyl (C=O) groups excluding carboxylic acids is 1. The SMILES string of the molecule is CCCn1ccnc1CC(=O)c1cc(CC)nn1C. The van der Waals surface area contributed by atoms with E-state index in [-0.39, 0.29) is 5.78 Å². The first-order chi connectivity index (χ1) is 9.15. The summed E-state index contributed by atoms with van der Waals surface area (Å²) in [5, 5.41) is 4.31. The van der Waals surface area contributed by atoms with Gasteiger partial charge < -0.3 is 4.57 Å². The van der Waals surface area contributed by atoms with Crippen LogP contribution in [0.4, 0.5) is 0 Å². The third-order valence-corrected chi connectivity index (χ3v) is 3.16. The van der Waals surface area contributed by atoms with Crippen LogP contribution in [0.1, 0.15) is 42.3 Å². The van der Waals surface area contributed by atoms with Crippen LogP contribution in [-0.2, 0) is 26.4 Å². The lowest BCUT2D eigenvalue weighted by Crippen LogP contribution is -2.13. The summed E-state index contributed by atoms with van der Waals surface area (Å²) in [4.78, 5) is 16.6. The highest BCUT2D eigenvalue weighted by atomic mass is 16.1. The number of hydrogen-bond acceptors (Lipinski definition) is 3. The molecule has 2 heterocycles. The monoisotopic (exact) mass is 260 g/mol. The number of aryl methyl sites for hydroxylation is 3. The number of rotatable bonds is 6. The molecule has 0 fully saturated rings. The van der Waals surface area contributed by atoms with E-state index in [1.165, 1.54) is 0 Å². The first-order valence-electron chi connectivity index (χ1n) is 6.71. The Balaban J connectivity index is 2.16. The molecular formula is C14H20N4O. The van der Waals surface area contributed by atoms with E-state index in [1.54, 1.807) is 10.9 Å². The fourth-order valence-corrected chi connectivity index (χ4v) is 2.15. The smallest absolute Gasteiger partial charge is 0.188 e. The molecule has 2 rings (SSSR count). The molecule has 0 saturated heterocycles. The predicted molar refractivity (Wildman–Crippen MR) is 73.1 cm³/mol. The van der Waals surface area contributed by atoms with Gasteiger partial charge in [-0.1, -0.05) is 13.8 Å². The Morgan fingerprint density at radius 3 is 2.79 bits per heavy atom. The molecule has 5 nitrogen and oxygen atoms in total. The molecule has 0 amide bonds. The Morgan fingerprint density at radius 1 is 1.37 bits per heavy atom. The molecule has 0 aliphatic rings. The van der Waals surface area contributed by atoms with Gasteiger partial charge in [0.15, 0.2) is 5.78 Å². The van der Waals surface area contributed by atoms with Crippen molar-refractivity contribution in [1.82, 2.24) is 19.3 Å². The van der Waals surface area contributed by atoms with Gasteiger partial charge in [-0.3, -0.25) is 9.48 Å². The molecule has 2 aromatic heterocycles. The van der Waals surface area contributed by atoms with E-state index < -0.39 is 0 Å². The van der Waals surface area contributed by atoms with Crippen LogP contribution in [0.2, 0.25) is 0 Å².